The van der Waals surface area contributed by atoms with E-state index in [2.05, 4.69) is 15.5 Å². The predicted molar refractivity (Wildman–Crippen MR) is 83.5 cm³/mol. The summed E-state index contributed by atoms with van der Waals surface area (Å²) < 4.78 is 10.5. The van der Waals surface area contributed by atoms with Crippen molar-refractivity contribution in [1.82, 2.24) is 15.5 Å². The summed E-state index contributed by atoms with van der Waals surface area (Å²) in [4.78, 5) is 16.5. The molecule has 6 nitrogen and oxygen atoms in total. The van der Waals surface area contributed by atoms with Crippen molar-refractivity contribution in [1.29, 1.82) is 0 Å². The van der Waals surface area contributed by atoms with E-state index in [1.54, 1.807) is 19.4 Å². The highest BCUT2D eigenvalue weighted by atomic mass is 16.5. The van der Waals surface area contributed by atoms with Crippen LogP contribution >= 0.6 is 0 Å². The fourth-order valence-electron chi connectivity index (χ4n) is 2.39. The van der Waals surface area contributed by atoms with Gasteiger partial charge in [-0.1, -0.05) is 11.2 Å². The minimum absolute atomic E-state index is 0.0892. The van der Waals surface area contributed by atoms with Crippen LogP contribution < -0.4 is 5.32 Å². The Morgan fingerprint density at radius 1 is 1.26 bits per heavy atom. The van der Waals surface area contributed by atoms with Crippen molar-refractivity contribution in [3.8, 4) is 11.5 Å². The number of hydrogen-bond acceptors (Lipinski definition) is 5. The number of furan rings is 1. The summed E-state index contributed by atoms with van der Waals surface area (Å²) in [6, 6.07) is 7.41. The average Bonchev–Trinajstić information content (AvgIpc) is 3.19. The molecular weight excluding hydrogens is 294 g/mol. The second kappa shape index (κ2) is 6.48. The maximum absolute atomic E-state index is 12.2. The third-order valence-electron chi connectivity index (χ3n) is 3.64. The number of rotatable bonds is 5. The third-order valence-corrected chi connectivity index (χ3v) is 3.64. The highest BCUT2D eigenvalue weighted by Crippen LogP contribution is 2.21. The molecule has 0 aromatic carbocycles. The summed E-state index contributed by atoms with van der Waals surface area (Å²) in [6.45, 7) is 4.01. The first-order valence-corrected chi connectivity index (χ1v) is 7.31. The Morgan fingerprint density at radius 3 is 2.83 bits per heavy atom. The summed E-state index contributed by atoms with van der Waals surface area (Å²) >= 11 is 0. The molecule has 3 aromatic heterocycles. The maximum atomic E-state index is 12.2. The molecule has 0 saturated heterocycles. The van der Waals surface area contributed by atoms with Crippen molar-refractivity contribution in [3.63, 3.8) is 0 Å². The first kappa shape index (κ1) is 15.0. The molecule has 3 heterocycles. The molecule has 0 unspecified atom stereocenters. The number of aromatic nitrogens is 2. The van der Waals surface area contributed by atoms with Crippen LogP contribution in [0.3, 0.4) is 0 Å². The van der Waals surface area contributed by atoms with Crippen molar-refractivity contribution >= 4 is 5.91 Å². The van der Waals surface area contributed by atoms with Gasteiger partial charge in [0.15, 0.2) is 5.76 Å². The molecular formula is C17H17N3O3. The van der Waals surface area contributed by atoms with Crippen LogP contribution in [0.15, 0.2) is 45.7 Å². The first-order chi connectivity index (χ1) is 11.1. The van der Waals surface area contributed by atoms with Crippen LogP contribution in [0.5, 0.6) is 0 Å². The molecule has 0 fully saturated rings. The Hall–Kier alpha value is -2.89. The number of carbonyl (C=O) groups excluding carboxylic acids is 1. The van der Waals surface area contributed by atoms with E-state index < -0.39 is 0 Å². The molecule has 0 saturated carbocycles. The highest BCUT2D eigenvalue weighted by Gasteiger charge is 2.14. The normalized spacial score (nSPS) is 10.7. The van der Waals surface area contributed by atoms with E-state index in [-0.39, 0.29) is 12.3 Å². The number of nitrogens with one attached hydrogen (secondary N) is 1. The van der Waals surface area contributed by atoms with Crippen molar-refractivity contribution < 1.29 is 13.7 Å². The zero-order valence-electron chi connectivity index (χ0n) is 13.0. The van der Waals surface area contributed by atoms with Gasteiger partial charge in [0.25, 0.3) is 0 Å². The standard InChI is InChI=1S/C17H17N3O3/c1-11-14(12(2)23-20-11)9-16(21)19-10-13-5-3-7-18-17(13)15-6-4-8-22-15/h3-8H,9-10H2,1-2H3,(H,19,21). The fourth-order valence-corrected chi connectivity index (χ4v) is 2.39. The van der Waals surface area contributed by atoms with Gasteiger partial charge < -0.3 is 14.3 Å². The molecule has 0 atom stereocenters. The molecule has 0 spiro atoms. The number of aryl methyl sites for hydroxylation is 2. The summed E-state index contributed by atoms with van der Waals surface area (Å²) in [6.07, 6.45) is 3.55. The molecule has 118 valence electrons. The number of hydrogen-bond donors (Lipinski definition) is 1. The zero-order chi connectivity index (χ0) is 16.2. The SMILES string of the molecule is Cc1noc(C)c1CC(=O)NCc1cccnc1-c1ccco1. The Balaban J connectivity index is 1.68. The van der Waals surface area contributed by atoms with Crippen LogP contribution in [-0.4, -0.2) is 16.0 Å². The summed E-state index contributed by atoms with van der Waals surface area (Å²) in [7, 11) is 0. The molecule has 1 amide bonds. The van der Waals surface area contributed by atoms with Crippen LogP contribution in [0, 0.1) is 13.8 Å². The van der Waals surface area contributed by atoms with Gasteiger partial charge >= 0.3 is 0 Å². The van der Waals surface area contributed by atoms with Crippen LogP contribution in [0.25, 0.3) is 11.5 Å². The smallest absolute Gasteiger partial charge is 0.224 e. The van der Waals surface area contributed by atoms with Gasteiger partial charge in [-0.2, -0.15) is 0 Å². The second-order valence-electron chi connectivity index (χ2n) is 5.24. The topological polar surface area (TPSA) is 81.2 Å². The monoisotopic (exact) mass is 311 g/mol. The lowest BCUT2D eigenvalue weighted by molar-refractivity contribution is -0.120. The van der Waals surface area contributed by atoms with Crippen LogP contribution in [-0.2, 0) is 17.8 Å². The predicted octanol–water partition coefficient (Wildman–Crippen LogP) is 2.81. The molecule has 3 aromatic rings. The van der Waals surface area contributed by atoms with E-state index in [0.29, 0.717) is 18.1 Å². The van der Waals surface area contributed by atoms with Gasteiger partial charge in [-0.05, 0) is 32.0 Å². The summed E-state index contributed by atoms with van der Waals surface area (Å²) in [5.74, 6) is 1.27. The largest absolute Gasteiger partial charge is 0.463 e. The summed E-state index contributed by atoms with van der Waals surface area (Å²) in [5, 5.41) is 6.76. The van der Waals surface area contributed by atoms with E-state index >= 15 is 0 Å². The van der Waals surface area contributed by atoms with Gasteiger partial charge in [-0.15, -0.1) is 0 Å². The molecule has 0 bridgehead atoms. The van der Waals surface area contributed by atoms with E-state index in [1.807, 2.05) is 31.2 Å². The lowest BCUT2D eigenvalue weighted by Gasteiger charge is -2.08. The minimum atomic E-state index is -0.0892. The number of carbonyl (C=O) groups is 1. The van der Waals surface area contributed by atoms with Crippen LogP contribution in [0.1, 0.15) is 22.6 Å². The lowest BCUT2D eigenvalue weighted by Crippen LogP contribution is -2.25. The number of nitrogens with zero attached hydrogens (tertiary/aromatic N) is 2. The molecule has 23 heavy (non-hydrogen) atoms. The van der Waals surface area contributed by atoms with Gasteiger partial charge in [-0.3, -0.25) is 9.78 Å². The maximum Gasteiger partial charge on any atom is 0.224 e. The van der Waals surface area contributed by atoms with Crippen LogP contribution in [0.2, 0.25) is 0 Å². The molecule has 0 radical (unpaired) electrons. The summed E-state index contributed by atoms with van der Waals surface area (Å²) in [5.41, 5.74) is 3.21. The van der Waals surface area contributed by atoms with E-state index in [1.165, 1.54) is 0 Å². The van der Waals surface area contributed by atoms with E-state index in [0.717, 1.165) is 22.5 Å². The van der Waals surface area contributed by atoms with E-state index in [9.17, 15) is 4.79 Å². The Labute approximate surface area is 133 Å². The highest BCUT2D eigenvalue weighted by molar-refractivity contribution is 5.79. The van der Waals surface area contributed by atoms with Gasteiger partial charge in [-0.25, -0.2) is 0 Å². The average molecular weight is 311 g/mol. The van der Waals surface area contributed by atoms with Crippen molar-refractivity contribution in [2.45, 2.75) is 26.8 Å². The molecule has 6 heteroatoms. The lowest BCUT2D eigenvalue weighted by atomic mass is 10.1. The Morgan fingerprint density at radius 2 is 2.13 bits per heavy atom. The third kappa shape index (κ3) is 3.31. The first-order valence-electron chi connectivity index (χ1n) is 7.31. The molecule has 1 N–H and O–H groups in total. The molecule has 3 rings (SSSR count). The molecule has 0 aliphatic heterocycles. The zero-order valence-corrected chi connectivity index (χ0v) is 13.0. The van der Waals surface area contributed by atoms with Crippen LogP contribution in [0.4, 0.5) is 0 Å². The second-order valence-corrected chi connectivity index (χ2v) is 5.24. The quantitative estimate of drug-likeness (QED) is 0.783. The van der Waals surface area contributed by atoms with Crippen molar-refractivity contribution in [3.05, 3.63) is 59.3 Å². The van der Waals surface area contributed by atoms with E-state index in [4.69, 9.17) is 8.94 Å². The van der Waals surface area contributed by atoms with Gasteiger partial charge in [0.1, 0.15) is 11.5 Å². The molecule has 0 aliphatic rings. The van der Waals surface area contributed by atoms with Crippen molar-refractivity contribution in [2.75, 3.05) is 0 Å². The Bertz CT molecular complexity index is 787. The Kier molecular flexibility index (Phi) is 4.23. The number of amides is 1. The number of pyridine rings is 1. The fraction of sp³-hybridized carbons (Fsp3) is 0.235. The minimum Gasteiger partial charge on any atom is -0.463 e. The van der Waals surface area contributed by atoms with Gasteiger partial charge in [0, 0.05) is 23.9 Å². The van der Waals surface area contributed by atoms with Crippen molar-refractivity contribution in [2.24, 2.45) is 0 Å². The molecule has 0 aliphatic carbocycles. The van der Waals surface area contributed by atoms with Gasteiger partial charge in [0.05, 0.1) is 18.4 Å². The van der Waals surface area contributed by atoms with Gasteiger partial charge in [0.2, 0.25) is 5.91 Å².